The molecule has 0 saturated carbocycles. The summed E-state index contributed by atoms with van der Waals surface area (Å²) in [7, 11) is 0. The molecule has 0 radical (unpaired) electrons. The van der Waals surface area contributed by atoms with Crippen molar-refractivity contribution in [3.8, 4) is 11.8 Å². The maximum absolute atomic E-state index is 13.2. The summed E-state index contributed by atoms with van der Waals surface area (Å²) in [5, 5.41) is 1.96. The van der Waals surface area contributed by atoms with Crippen molar-refractivity contribution < 1.29 is 14.3 Å². The number of benzene rings is 1. The molecule has 0 fully saturated rings. The number of fused-ring (bicyclic) bond motifs is 1. The van der Waals surface area contributed by atoms with E-state index < -0.39 is 17.1 Å². The SMILES string of the molecule is CC(C)(C)OC(=O)N1C(=O)[C@@](C)(CC#Cc2cccs2)c2ccccc21. The first-order chi connectivity index (χ1) is 12.2. The number of imide groups is 1. The number of amides is 2. The largest absolute Gasteiger partial charge is 0.443 e. The topological polar surface area (TPSA) is 46.6 Å². The van der Waals surface area contributed by atoms with E-state index in [-0.39, 0.29) is 5.91 Å². The normalized spacial score (nSPS) is 18.9. The quantitative estimate of drug-likeness (QED) is 0.685. The van der Waals surface area contributed by atoms with E-state index in [2.05, 4.69) is 11.8 Å². The third-order valence-corrected chi connectivity index (χ3v) is 4.95. The number of nitrogens with zero attached hydrogens (tertiary/aromatic N) is 1. The lowest BCUT2D eigenvalue weighted by atomic mass is 9.81. The molecule has 0 unspecified atom stereocenters. The third kappa shape index (κ3) is 3.38. The molecule has 0 N–H and O–H groups in total. The number of rotatable bonds is 1. The van der Waals surface area contributed by atoms with Crippen LogP contribution in [-0.4, -0.2) is 17.6 Å². The number of ether oxygens (including phenoxy) is 1. The molecule has 134 valence electrons. The monoisotopic (exact) mass is 367 g/mol. The Morgan fingerprint density at radius 2 is 1.96 bits per heavy atom. The summed E-state index contributed by atoms with van der Waals surface area (Å²) >= 11 is 1.56. The van der Waals surface area contributed by atoms with Gasteiger partial charge in [-0.25, -0.2) is 9.69 Å². The van der Waals surface area contributed by atoms with Crippen molar-refractivity contribution in [2.75, 3.05) is 4.90 Å². The molecule has 2 amide bonds. The lowest BCUT2D eigenvalue weighted by Crippen LogP contribution is -2.44. The number of anilines is 1. The molecule has 3 rings (SSSR count). The van der Waals surface area contributed by atoms with Gasteiger partial charge in [0, 0.05) is 6.42 Å². The zero-order valence-electron chi connectivity index (χ0n) is 15.3. The fourth-order valence-electron chi connectivity index (χ4n) is 2.92. The van der Waals surface area contributed by atoms with Gasteiger partial charge in [0.15, 0.2) is 0 Å². The Kier molecular flexibility index (Phi) is 4.64. The first kappa shape index (κ1) is 18.2. The summed E-state index contributed by atoms with van der Waals surface area (Å²) in [6, 6.07) is 11.2. The fourth-order valence-corrected chi connectivity index (χ4v) is 3.52. The Labute approximate surface area is 157 Å². The Morgan fingerprint density at radius 1 is 1.23 bits per heavy atom. The number of carbonyl (C=O) groups is 2. The van der Waals surface area contributed by atoms with Crippen molar-refractivity contribution in [2.24, 2.45) is 0 Å². The first-order valence-electron chi connectivity index (χ1n) is 8.42. The van der Waals surface area contributed by atoms with Crippen LogP contribution in [0.5, 0.6) is 0 Å². The predicted molar refractivity (Wildman–Crippen MR) is 103 cm³/mol. The van der Waals surface area contributed by atoms with E-state index in [0.29, 0.717) is 12.1 Å². The summed E-state index contributed by atoms with van der Waals surface area (Å²) in [5.41, 5.74) is -0.175. The summed E-state index contributed by atoms with van der Waals surface area (Å²) in [5.74, 6) is 5.90. The summed E-state index contributed by atoms with van der Waals surface area (Å²) in [6.45, 7) is 7.18. The second kappa shape index (κ2) is 6.62. The maximum atomic E-state index is 13.2. The van der Waals surface area contributed by atoms with Gasteiger partial charge in [-0.05, 0) is 50.8 Å². The van der Waals surface area contributed by atoms with E-state index in [1.165, 1.54) is 0 Å². The van der Waals surface area contributed by atoms with Crippen LogP contribution < -0.4 is 4.90 Å². The molecule has 26 heavy (non-hydrogen) atoms. The molecule has 1 aliphatic heterocycles. The van der Waals surface area contributed by atoms with Gasteiger partial charge in [0.05, 0.1) is 16.0 Å². The minimum Gasteiger partial charge on any atom is -0.443 e. The number of para-hydroxylation sites is 1. The Bertz CT molecular complexity index is 899. The van der Waals surface area contributed by atoms with Crippen molar-refractivity contribution in [3.63, 3.8) is 0 Å². The Morgan fingerprint density at radius 3 is 2.62 bits per heavy atom. The van der Waals surface area contributed by atoms with Crippen LogP contribution >= 0.6 is 11.3 Å². The van der Waals surface area contributed by atoms with E-state index in [1.807, 2.05) is 42.6 Å². The third-order valence-electron chi connectivity index (χ3n) is 4.17. The number of hydrogen-bond donors (Lipinski definition) is 0. The van der Waals surface area contributed by atoms with Crippen LogP contribution in [0.4, 0.5) is 10.5 Å². The molecule has 1 aromatic carbocycles. The van der Waals surface area contributed by atoms with Gasteiger partial charge in [0.25, 0.3) is 0 Å². The summed E-state index contributed by atoms with van der Waals surface area (Å²) in [4.78, 5) is 27.9. The van der Waals surface area contributed by atoms with Crippen molar-refractivity contribution in [1.82, 2.24) is 0 Å². The molecule has 0 aliphatic carbocycles. The molecule has 4 nitrogen and oxygen atoms in total. The van der Waals surface area contributed by atoms with Crippen LogP contribution in [-0.2, 0) is 14.9 Å². The smallest absolute Gasteiger partial charge is 0.421 e. The zero-order valence-corrected chi connectivity index (χ0v) is 16.1. The molecule has 1 aliphatic rings. The average Bonchev–Trinajstić information content (AvgIpc) is 3.13. The molecule has 2 aromatic rings. The van der Waals surface area contributed by atoms with E-state index in [9.17, 15) is 9.59 Å². The minimum absolute atomic E-state index is 0.298. The van der Waals surface area contributed by atoms with Gasteiger partial charge in [-0.3, -0.25) is 4.79 Å². The lowest BCUT2D eigenvalue weighted by Gasteiger charge is -2.25. The fraction of sp³-hybridized carbons (Fsp3) is 0.333. The van der Waals surface area contributed by atoms with Gasteiger partial charge in [-0.1, -0.05) is 36.1 Å². The zero-order chi connectivity index (χ0) is 18.9. The van der Waals surface area contributed by atoms with Gasteiger partial charge in [-0.15, -0.1) is 11.3 Å². The first-order valence-corrected chi connectivity index (χ1v) is 9.30. The molecule has 2 heterocycles. The standard InChI is InChI=1S/C21H21NO3S/c1-20(2,3)25-19(24)22-17-12-6-5-11-16(17)21(4,18(22)23)13-7-9-15-10-8-14-26-15/h5-6,8,10-12,14H,13H2,1-4H3/t21-/m0/s1. The predicted octanol–water partition coefficient (Wildman–Crippen LogP) is 4.73. The van der Waals surface area contributed by atoms with E-state index >= 15 is 0 Å². The van der Waals surface area contributed by atoms with Crippen LogP contribution in [0.25, 0.3) is 0 Å². The van der Waals surface area contributed by atoms with Crippen molar-refractivity contribution in [3.05, 3.63) is 52.2 Å². The lowest BCUT2D eigenvalue weighted by molar-refractivity contribution is -0.122. The van der Waals surface area contributed by atoms with Crippen LogP contribution in [0.15, 0.2) is 41.8 Å². The molecule has 0 saturated heterocycles. The van der Waals surface area contributed by atoms with Crippen molar-refractivity contribution >= 4 is 29.0 Å². The van der Waals surface area contributed by atoms with Crippen LogP contribution in [0, 0.1) is 11.8 Å². The number of carbonyl (C=O) groups excluding carboxylic acids is 2. The van der Waals surface area contributed by atoms with Crippen LogP contribution in [0.1, 0.15) is 44.6 Å². The van der Waals surface area contributed by atoms with E-state index in [1.54, 1.807) is 38.2 Å². The molecule has 5 heteroatoms. The second-order valence-corrected chi connectivity index (χ2v) is 8.37. The Balaban J connectivity index is 1.94. The number of hydrogen-bond acceptors (Lipinski definition) is 4. The van der Waals surface area contributed by atoms with Gasteiger partial charge < -0.3 is 4.74 Å². The van der Waals surface area contributed by atoms with Gasteiger partial charge in [-0.2, -0.15) is 0 Å². The van der Waals surface area contributed by atoms with Crippen molar-refractivity contribution in [1.29, 1.82) is 0 Å². The molecular formula is C21H21NO3S. The molecular weight excluding hydrogens is 346 g/mol. The molecule has 1 atom stereocenters. The molecule has 0 spiro atoms. The van der Waals surface area contributed by atoms with E-state index in [4.69, 9.17) is 4.74 Å². The number of thiophene rings is 1. The summed E-state index contributed by atoms with van der Waals surface area (Å²) in [6.07, 6.45) is -0.315. The van der Waals surface area contributed by atoms with Crippen LogP contribution in [0.2, 0.25) is 0 Å². The highest BCUT2D eigenvalue weighted by Gasteiger charge is 2.50. The van der Waals surface area contributed by atoms with E-state index in [0.717, 1.165) is 15.3 Å². The minimum atomic E-state index is -0.877. The summed E-state index contributed by atoms with van der Waals surface area (Å²) < 4.78 is 5.44. The molecule has 1 aromatic heterocycles. The van der Waals surface area contributed by atoms with Crippen molar-refractivity contribution in [2.45, 2.75) is 45.1 Å². The molecule has 0 bridgehead atoms. The highest BCUT2D eigenvalue weighted by Crippen LogP contribution is 2.44. The van der Waals surface area contributed by atoms with Gasteiger partial charge in [0.2, 0.25) is 5.91 Å². The van der Waals surface area contributed by atoms with Gasteiger partial charge in [0.1, 0.15) is 5.60 Å². The highest BCUT2D eigenvalue weighted by atomic mass is 32.1. The van der Waals surface area contributed by atoms with Crippen LogP contribution in [0.3, 0.4) is 0 Å². The maximum Gasteiger partial charge on any atom is 0.421 e. The Hall–Kier alpha value is -2.58. The highest BCUT2D eigenvalue weighted by molar-refractivity contribution is 7.10. The second-order valence-electron chi connectivity index (χ2n) is 7.43. The van der Waals surface area contributed by atoms with Gasteiger partial charge >= 0.3 is 6.09 Å². The average molecular weight is 367 g/mol.